The molecule has 1 heterocycles. The molecule has 0 fully saturated rings. The third kappa shape index (κ3) is 2.10. The number of nitrogens with zero attached hydrogens (tertiary/aromatic N) is 1. The molecule has 0 aliphatic heterocycles. The zero-order valence-corrected chi connectivity index (χ0v) is 8.78. The molecular formula is C7H9ClN2O2S. The Bertz CT molecular complexity index is 442. The number of aryl methyl sites for hydroxylation is 2. The van der Waals surface area contributed by atoms with Gasteiger partial charge in [0.2, 0.25) is 0 Å². The maximum Gasteiger partial charge on any atom is 0.264 e. The van der Waals surface area contributed by atoms with Crippen LogP contribution in [0.15, 0.2) is 11.0 Å². The van der Waals surface area contributed by atoms with Gasteiger partial charge in [-0.1, -0.05) is 0 Å². The molecule has 1 aromatic rings. The lowest BCUT2D eigenvalue weighted by Gasteiger charge is -2.04. The highest BCUT2D eigenvalue weighted by Crippen LogP contribution is 2.22. The number of nitrogen functional groups attached to an aromatic ring is 1. The van der Waals surface area contributed by atoms with Crippen LogP contribution in [-0.4, -0.2) is 13.4 Å². The van der Waals surface area contributed by atoms with E-state index in [0.29, 0.717) is 5.69 Å². The molecule has 0 aliphatic rings. The van der Waals surface area contributed by atoms with E-state index in [-0.39, 0.29) is 10.7 Å². The maximum absolute atomic E-state index is 11.0. The van der Waals surface area contributed by atoms with E-state index in [1.54, 1.807) is 13.8 Å². The third-order valence-corrected chi connectivity index (χ3v) is 3.07. The van der Waals surface area contributed by atoms with E-state index in [2.05, 4.69) is 4.98 Å². The number of halogens is 1. The number of nitrogens with two attached hydrogens (primary N) is 1. The normalized spacial score (nSPS) is 11.6. The monoisotopic (exact) mass is 220 g/mol. The summed E-state index contributed by atoms with van der Waals surface area (Å²) in [6.45, 7) is 3.49. The molecule has 0 saturated carbocycles. The second-order valence-corrected chi connectivity index (χ2v) is 5.25. The number of rotatable bonds is 1. The Labute approximate surface area is 81.2 Å². The minimum absolute atomic E-state index is 0.0573. The summed E-state index contributed by atoms with van der Waals surface area (Å²) in [4.78, 5) is 3.73. The Kier molecular flexibility index (Phi) is 2.49. The SMILES string of the molecule is Cc1cc(S(=O)(=O)Cl)c(N)nc1C. The Hall–Kier alpha value is -0.810. The molecule has 13 heavy (non-hydrogen) atoms. The van der Waals surface area contributed by atoms with Gasteiger partial charge in [0.05, 0.1) is 0 Å². The fourth-order valence-electron chi connectivity index (χ4n) is 0.894. The molecular weight excluding hydrogens is 212 g/mol. The van der Waals surface area contributed by atoms with Crippen LogP contribution in [0.4, 0.5) is 5.82 Å². The zero-order chi connectivity index (χ0) is 10.2. The van der Waals surface area contributed by atoms with Gasteiger partial charge < -0.3 is 5.73 Å². The minimum Gasteiger partial charge on any atom is -0.383 e. The number of hydrogen-bond acceptors (Lipinski definition) is 4. The van der Waals surface area contributed by atoms with Crippen molar-refractivity contribution in [1.29, 1.82) is 0 Å². The topological polar surface area (TPSA) is 73.0 Å². The first kappa shape index (κ1) is 10.3. The molecule has 0 bridgehead atoms. The van der Waals surface area contributed by atoms with Gasteiger partial charge in [0.25, 0.3) is 9.05 Å². The van der Waals surface area contributed by atoms with Gasteiger partial charge in [-0.05, 0) is 25.5 Å². The van der Waals surface area contributed by atoms with Crippen LogP contribution in [-0.2, 0) is 9.05 Å². The van der Waals surface area contributed by atoms with Crippen LogP contribution >= 0.6 is 10.7 Å². The van der Waals surface area contributed by atoms with Gasteiger partial charge in [-0.15, -0.1) is 0 Å². The van der Waals surface area contributed by atoms with Crippen molar-refractivity contribution in [2.24, 2.45) is 0 Å². The highest BCUT2D eigenvalue weighted by atomic mass is 35.7. The first-order chi connectivity index (χ1) is 5.82. The molecule has 0 aromatic carbocycles. The van der Waals surface area contributed by atoms with Crippen LogP contribution in [0.25, 0.3) is 0 Å². The van der Waals surface area contributed by atoms with Crippen molar-refractivity contribution in [3.63, 3.8) is 0 Å². The maximum atomic E-state index is 11.0. The molecule has 1 rings (SSSR count). The summed E-state index contributed by atoms with van der Waals surface area (Å²) >= 11 is 0. The van der Waals surface area contributed by atoms with Crippen molar-refractivity contribution in [2.45, 2.75) is 18.7 Å². The van der Waals surface area contributed by atoms with Crippen molar-refractivity contribution in [3.05, 3.63) is 17.3 Å². The summed E-state index contributed by atoms with van der Waals surface area (Å²) < 4.78 is 21.9. The van der Waals surface area contributed by atoms with Crippen molar-refractivity contribution < 1.29 is 8.42 Å². The first-order valence-corrected chi connectivity index (χ1v) is 5.81. The summed E-state index contributed by atoms with van der Waals surface area (Å²) in [6.07, 6.45) is 0. The highest BCUT2D eigenvalue weighted by Gasteiger charge is 2.16. The van der Waals surface area contributed by atoms with Gasteiger partial charge in [-0.25, -0.2) is 13.4 Å². The Morgan fingerprint density at radius 2 is 2.00 bits per heavy atom. The molecule has 0 atom stereocenters. The van der Waals surface area contributed by atoms with Crippen molar-refractivity contribution in [1.82, 2.24) is 4.98 Å². The number of pyridine rings is 1. The quantitative estimate of drug-likeness (QED) is 0.722. The highest BCUT2D eigenvalue weighted by molar-refractivity contribution is 8.13. The fraction of sp³-hybridized carbons (Fsp3) is 0.286. The number of anilines is 1. The largest absolute Gasteiger partial charge is 0.383 e. The molecule has 0 radical (unpaired) electrons. The molecule has 4 nitrogen and oxygen atoms in total. The average molecular weight is 221 g/mol. The average Bonchev–Trinajstić information content (AvgIpc) is 1.94. The van der Waals surface area contributed by atoms with E-state index in [1.807, 2.05) is 0 Å². The molecule has 72 valence electrons. The van der Waals surface area contributed by atoms with Crippen LogP contribution in [0.3, 0.4) is 0 Å². The van der Waals surface area contributed by atoms with E-state index >= 15 is 0 Å². The van der Waals surface area contributed by atoms with Crippen LogP contribution in [0.1, 0.15) is 11.3 Å². The predicted octanol–water partition coefficient (Wildman–Crippen LogP) is 1.21. The summed E-state index contributed by atoms with van der Waals surface area (Å²) in [5, 5.41) is 0. The summed E-state index contributed by atoms with van der Waals surface area (Å²) in [5.41, 5.74) is 6.84. The van der Waals surface area contributed by atoms with Crippen LogP contribution in [0.5, 0.6) is 0 Å². The van der Waals surface area contributed by atoms with E-state index in [1.165, 1.54) is 6.07 Å². The lowest BCUT2D eigenvalue weighted by molar-refractivity contribution is 0.609. The molecule has 0 saturated heterocycles. The molecule has 0 aliphatic carbocycles. The van der Waals surface area contributed by atoms with Crippen LogP contribution in [0.2, 0.25) is 0 Å². The standard InChI is InChI=1S/C7H9ClN2O2S/c1-4-3-6(13(8,11)12)7(9)10-5(4)2/h3H,1-2H3,(H2,9,10). The third-order valence-electron chi connectivity index (χ3n) is 1.72. The van der Waals surface area contributed by atoms with Crippen molar-refractivity contribution in [2.75, 3.05) is 5.73 Å². The second kappa shape index (κ2) is 3.16. The molecule has 2 N–H and O–H groups in total. The smallest absolute Gasteiger partial charge is 0.264 e. The van der Waals surface area contributed by atoms with E-state index in [9.17, 15) is 8.42 Å². The van der Waals surface area contributed by atoms with Gasteiger partial charge in [-0.3, -0.25) is 0 Å². The molecule has 0 unspecified atom stereocenters. The predicted molar refractivity (Wildman–Crippen MR) is 51.2 cm³/mol. The van der Waals surface area contributed by atoms with Gasteiger partial charge in [0.15, 0.2) is 0 Å². The molecule has 6 heteroatoms. The van der Waals surface area contributed by atoms with Gasteiger partial charge in [-0.2, -0.15) is 0 Å². The number of hydrogen-bond donors (Lipinski definition) is 1. The van der Waals surface area contributed by atoms with Crippen molar-refractivity contribution >= 4 is 25.6 Å². The summed E-state index contributed by atoms with van der Waals surface area (Å²) in [7, 11) is 1.35. The number of aromatic nitrogens is 1. The Morgan fingerprint density at radius 3 is 2.46 bits per heavy atom. The van der Waals surface area contributed by atoms with Crippen molar-refractivity contribution in [3.8, 4) is 0 Å². The Morgan fingerprint density at radius 1 is 1.46 bits per heavy atom. The second-order valence-electron chi connectivity index (χ2n) is 2.71. The molecule has 0 amide bonds. The summed E-state index contributed by atoms with van der Waals surface area (Å²) in [5.74, 6) is -0.0573. The van der Waals surface area contributed by atoms with Crippen LogP contribution in [0, 0.1) is 13.8 Å². The fourth-order valence-corrected chi connectivity index (χ4v) is 1.88. The lowest BCUT2D eigenvalue weighted by atomic mass is 10.2. The van der Waals surface area contributed by atoms with E-state index in [4.69, 9.17) is 16.4 Å². The van der Waals surface area contributed by atoms with Gasteiger partial charge in [0.1, 0.15) is 10.7 Å². The zero-order valence-electron chi connectivity index (χ0n) is 7.20. The van der Waals surface area contributed by atoms with E-state index in [0.717, 1.165) is 5.56 Å². The molecule has 1 aromatic heterocycles. The Balaban J connectivity index is 3.50. The minimum atomic E-state index is -3.79. The lowest BCUT2D eigenvalue weighted by Crippen LogP contribution is -2.03. The van der Waals surface area contributed by atoms with Gasteiger partial charge >= 0.3 is 0 Å². The molecule has 0 spiro atoms. The summed E-state index contributed by atoms with van der Waals surface area (Å²) in [6, 6.07) is 1.42. The van der Waals surface area contributed by atoms with E-state index < -0.39 is 9.05 Å². The first-order valence-electron chi connectivity index (χ1n) is 3.50. The van der Waals surface area contributed by atoms with Gasteiger partial charge in [0, 0.05) is 16.4 Å². The van der Waals surface area contributed by atoms with Crippen LogP contribution < -0.4 is 5.73 Å².